The zero-order valence-electron chi connectivity index (χ0n) is 28.4. The van der Waals surface area contributed by atoms with Crippen molar-refractivity contribution in [1.29, 1.82) is 0 Å². The molecule has 2 aliphatic heterocycles. The molecule has 2 saturated carbocycles. The number of benzene rings is 1. The van der Waals surface area contributed by atoms with Crippen LogP contribution >= 0.6 is 0 Å². The number of amides is 4. The maximum Gasteiger partial charge on any atom is 0.408 e. The standard InChI is InChI=1S/C34H46N4O10S/c1-33(2,3)48-32(43)35-26-11-9-7-5-6-8-10-22-19-34(22,31(42)37-49(44,45)25-16-17-25)36-28(39)27-18-24(20-38(27)29(26)40)47-30(41)21-12-14-23(46-4)15-13-21/h8,10,12-15,22,24-27H,5-7,9,11,16-20H2,1-4H3,(H,35,43)(H,36,39)(H,37,42)/b10-8+. The van der Waals surface area contributed by atoms with Crippen LogP contribution in [-0.4, -0.2) is 91.3 Å². The van der Waals surface area contributed by atoms with Gasteiger partial charge in [0.25, 0.3) is 5.91 Å². The van der Waals surface area contributed by atoms with Gasteiger partial charge in [0.05, 0.1) is 24.5 Å². The topological polar surface area (TPSA) is 187 Å². The SMILES string of the molecule is COc1ccc(C(=O)OC2CC3C(=O)NC4(C(=O)NS(=O)(=O)C5CC5)CC4/C=C/CCCCCC(NC(=O)OC(C)(C)C)C(=O)N3C2)cc1. The van der Waals surface area contributed by atoms with Crippen LogP contribution in [-0.2, 0) is 33.9 Å². The molecule has 15 heteroatoms. The summed E-state index contributed by atoms with van der Waals surface area (Å²) in [5, 5.41) is 4.82. The summed E-state index contributed by atoms with van der Waals surface area (Å²) in [6.45, 7) is 4.96. The summed E-state index contributed by atoms with van der Waals surface area (Å²) < 4.78 is 43.9. The third-order valence-electron chi connectivity index (χ3n) is 9.13. The van der Waals surface area contributed by atoms with Gasteiger partial charge in [0.2, 0.25) is 21.8 Å². The molecule has 0 radical (unpaired) electrons. The highest BCUT2D eigenvalue weighted by atomic mass is 32.2. The maximum absolute atomic E-state index is 14.2. The lowest BCUT2D eigenvalue weighted by Crippen LogP contribution is -2.58. The number of fused-ring (bicyclic) bond motifs is 2. The summed E-state index contributed by atoms with van der Waals surface area (Å²) in [7, 11) is -2.40. The van der Waals surface area contributed by atoms with E-state index in [-0.39, 0.29) is 31.4 Å². The average Bonchev–Trinajstić information content (AvgIpc) is 3.95. The highest BCUT2D eigenvalue weighted by Crippen LogP contribution is 2.46. The molecular formula is C34H46N4O10S. The van der Waals surface area contributed by atoms with E-state index in [9.17, 15) is 32.4 Å². The fourth-order valence-electron chi connectivity index (χ4n) is 6.24. The van der Waals surface area contributed by atoms with Gasteiger partial charge in [0, 0.05) is 12.3 Å². The molecule has 5 rings (SSSR count). The maximum atomic E-state index is 14.2. The van der Waals surface area contributed by atoms with E-state index in [1.165, 1.54) is 24.1 Å². The number of nitrogens with one attached hydrogen (secondary N) is 3. The van der Waals surface area contributed by atoms with E-state index in [1.54, 1.807) is 32.9 Å². The number of alkyl carbamates (subject to hydrolysis) is 1. The van der Waals surface area contributed by atoms with Crippen LogP contribution in [0.1, 0.15) is 88.9 Å². The minimum atomic E-state index is -3.90. The van der Waals surface area contributed by atoms with Crippen molar-refractivity contribution in [3.63, 3.8) is 0 Å². The number of carbonyl (C=O) groups excluding carboxylic acids is 5. The molecule has 49 heavy (non-hydrogen) atoms. The van der Waals surface area contributed by atoms with Crippen molar-refractivity contribution >= 4 is 39.8 Å². The second kappa shape index (κ2) is 14.4. The van der Waals surface area contributed by atoms with Gasteiger partial charge in [-0.1, -0.05) is 25.0 Å². The van der Waals surface area contributed by atoms with E-state index in [2.05, 4.69) is 15.4 Å². The van der Waals surface area contributed by atoms with Gasteiger partial charge in [-0.2, -0.15) is 0 Å². The Bertz CT molecular complexity index is 1580. The predicted molar refractivity (Wildman–Crippen MR) is 177 cm³/mol. The highest BCUT2D eigenvalue weighted by molar-refractivity contribution is 7.91. The van der Waals surface area contributed by atoms with E-state index in [1.807, 2.05) is 12.2 Å². The van der Waals surface area contributed by atoms with Crippen LogP contribution in [0.5, 0.6) is 5.75 Å². The Labute approximate surface area is 286 Å². The second-order valence-corrected chi connectivity index (χ2v) is 16.2. The first-order valence-electron chi connectivity index (χ1n) is 16.8. The van der Waals surface area contributed by atoms with E-state index in [0.29, 0.717) is 31.4 Å². The summed E-state index contributed by atoms with van der Waals surface area (Å²) in [6.07, 6.45) is 6.12. The van der Waals surface area contributed by atoms with Crippen LogP contribution < -0.4 is 20.1 Å². The molecule has 5 unspecified atom stereocenters. The molecule has 5 atom stereocenters. The monoisotopic (exact) mass is 702 g/mol. The van der Waals surface area contributed by atoms with Crippen LogP contribution in [0.25, 0.3) is 0 Å². The predicted octanol–water partition coefficient (Wildman–Crippen LogP) is 2.72. The molecule has 3 fully saturated rings. The number of hydrogen-bond donors (Lipinski definition) is 3. The molecule has 268 valence electrons. The lowest BCUT2D eigenvalue weighted by molar-refractivity contribution is -0.141. The minimum Gasteiger partial charge on any atom is -0.497 e. The molecule has 14 nitrogen and oxygen atoms in total. The highest BCUT2D eigenvalue weighted by Gasteiger charge is 2.62. The van der Waals surface area contributed by atoms with Gasteiger partial charge in [-0.05, 0) is 83.6 Å². The van der Waals surface area contributed by atoms with Crippen molar-refractivity contribution in [2.45, 2.75) is 113 Å². The fraction of sp³-hybridized carbons (Fsp3) is 0.618. The van der Waals surface area contributed by atoms with Crippen molar-refractivity contribution in [1.82, 2.24) is 20.3 Å². The third-order valence-corrected chi connectivity index (χ3v) is 11.0. The number of sulfonamides is 1. The van der Waals surface area contributed by atoms with Crippen LogP contribution in [0.2, 0.25) is 0 Å². The number of allylic oxidation sites excluding steroid dienone is 1. The number of methoxy groups -OCH3 is 1. The zero-order chi connectivity index (χ0) is 35.6. The first kappa shape index (κ1) is 36.1. The van der Waals surface area contributed by atoms with Gasteiger partial charge < -0.3 is 29.7 Å². The first-order chi connectivity index (χ1) is 23.1. The Hall–Kier alpha value is -4.14. The number of carbonyl (C=O) groups is 5. The Morgan fingerprint density at radius 2 is 1.73 bits per heavy atom. The summed E-state index contributed by atoms with van der Waals surface area (Å²) in [5.74, 6) is -2.66. The molecule has 1 saturated heterocycles. The van der Waals surface area contributed by atoms with Gasteiger partial charge in [-0.25, -0.2) is 18.0 Å². The molecule has 3 N–H and O–H groups in total. The van der Waals surface area contributed by atoms with E-state index in [0.717, 1.165) is 12.8 Å². The van der Waals surface area contributed by atoms with Crippen LogP contribution in [0.4, 0.5) is 4.79 Å². The Morgan fingerprint density at radius 3 is 2.39 bits per heavy atom. The number of hydrogen-bond acceptors (Lipinski definition) is 10. The Morgan fingerprint density at radius 1 is 1.02 bits per heavy atom. The van der Waals surface area contributed by atoms with Gasteiger partial charge in [0.15, 0.2) is 0 Å². The van der Waals surface area contributed by atoms with Crippen LogP contribution in [0.3, 0.4) is 0 Å². The van der Waals surface area contributed by atoms with Gasteiger partial charge in [0.1, 0.15) is 35.1 Å². The molecule has 0 bridgehead atoms. The largest absolute Gasteiger partial charge is 0.497 e. The van der Waals surface area contributed by atoms with Crippen LogP contribution in [0, 0.1) is 5.92 Å². The smallest absolute Gasteiger partial charge is 0.408 e. The molecule has 4 amide bonds. The van der Waals surface area contributed by atoms with Crippen molar-refractivity contribution in [3.8, 4) is 5.75 Å². The van der Waals surface area contributed by atoms with Crippen molar-refractivity contribution in [3.05, 3.63) is 42.0 Å². The third kappa shape index (κ3) is 8.91. The first-order valence-corrected chi connectivity index (χ1v) is 18.4. The van der Waals surface area contributed by atoms with E-state index < -0.39 is 80.3 Å². The lowest BCUT2D eigenvalue weighted by Gasteiger charge is -2.30. The summed E-state index contributed by atoms with van der Waals surface area (Å²) in [5.41, 5.74) is -2.11. The van der Waals surface area contributed by atoms with Gasteiger partial charge >= 0.3 is 12.1 Å². The quantitative estimate of drug-likeness (QED) is 0.282. The van der Waals surface area contributed by atoms with Gasteiger partial charge in [-0.3, -0.25) is 19.1 Å². The zero-order valence-corrected chi connectivity index (χ0v) is 29.2. The second-order valence-electron chi connectivity index (χ2n) is 14.2. The Balaban J connectivity index is 1.42. The average molecular weight is 703 g/mol. The van der Waals surface area contributed by atoms with Gasteiger partial charge in [-0.15, -0.1) is 0 Å². The van der Waals surface area contributed by atoms with E-state index >= 15 is 0 Å². The summed E-state index contributed by atoms with van der Waals surface area (Å²) >= 11 is 0. The lowest BCUT2D eigenvalue weighted by atomic mass is 10.0. The summed E-state index contributed by atoms with van der Waals surface area (Å²) in [4.78, 5) is 69.0. The molecule has 1 aromatic carbocycles. The number of nitrogens with zero attached hydrogens (tertiary/aromatic N) is 1. The number of ether oxygens (including phenoxy) is 3. The molecule has 4 aliphatic rings. The molecular weight excluding hydrogens is 656 g/mol. The fourth-order valence-corrected chi connectivity index (χ4v) is 7.61. The number of esters is 1. The van der Waals surface area contributed by atoms with Crippen molar-refractivity contribution < 1.29 is 46.6 Å². The molecule has 2 aliphatic carbocycles. The Kier molecular flexibility index (Phi) is 10.6. The minimum absolute atomic E-state index is 0.0861. The molecule has 2 heterocycles. The number of rotatable bonds is 7. The van der Waals surface area contributed by atoms with E-state index in [4.69, 9.17) is 14.2 Å². The normalized spacial score (nSPS) is 28.4. The molecule has 1 aromatic rings. The molecule has 0 spiro atoms. The van der Waals surface area contributed by atoms with Crippen molar-refractivity contribution in [2.24, 2.45) is 5.92 Å². The van der Waals surface area contributed by atoms with Crippen LogP contribution in [0.15, 0.2) is 36.4 Å². The molecule has 0 aromatic heterocycles. The van der Waals surface area contributed by atoms with Crippen molar-refractivity contribution in [2.75, 3.05) is 13.7 Å². The summed E-state index contributed by atoms with van der Waals surface area (Å²) in [6, 6.07) is 4.04.